The van der Waals surface area contributed by atoms with Gasteiger partial charge in [-0.25, -0.2) is 0 Å². The lowest BCUT2D eigenvalue weighted by molar-refractivity contribution is -0.384. The number of benzene rings is 1. The highest BCUT2D eigenvalue weighted by Crippen LogP contribution is 2.36. The quantitative estimate of drug-likeness (QED) is 0.404. The standard InChI is InChI=1S/C14H15N3O6S/c18-5-8-10(19)11(20)9-12(24-8)14(21)16-13(15-9)6-1-3-7(4-2-6)17(22)23/h1-4,8-12,18-20H,5H2,(H,15,16,21)/t8?,9?,10-,11-,12?/m1/s1. The summed E-state index contributed by atoms with van der Waals surface area (Å²) in [5.41, 5.74) is 0.372. The van der Waals surface area contributed by atoms with Crippen molar-refractivity contribution in [2.45, 2.75) is 28.7 Å². The fraction of sp³-hybridized carbons (Fsp3) is 0.429. The second-order valence-corrected chi connectivity index (χ2v) is 6.91. The summed E-state index contributed by atoms with van der Waals surface area (Å²) in [7, 11) is 0. The molecule has 5 atom stereocenters. The van der Waals surface area contributed by atoms with Crippen LogP contribution in [0, 0.1) is 10.1 Å². The number of aliphatic hydroxyl groups excluding tert-OH is 3. The molecule has 1 aromatic rings. The van der Waals surface area contributed by atoms with Crippen molar-refractivity contribution in [3.8, 4) is 0 Å². The number of fused-ring (bicyclic) bond motifs is 1. The average molecular weight is 353 g/mol. The molecule has 2 aliphatic heterocycles. The Labute approximate surface area is 140 Å². The van der Waals surface area contributed by atoms with Crippen LogP contribution in [0.4, 0.5) is 5.69 Å². The van der Waals surface area contributed by atoms with Gasteiger partial charge in [0, 0.05) is 17.7 Å². The third-order valence-electron chi connectivity index (χ3n) is 4.02. The number of rotatable bonds is 3. The van der Waals surface area contributed by atoms with E-state index >= 15 is 0 Å². The molecule has 0 saturated carbocycles. The van der Waals surface area contributed by atoms with Gasteiger partial charge in [-0.15, -0.1) is 11.8 Å². The van der Waals surface area contributed by atoms with Gasteiger partial charge in [0.15, 0.2) is 0 Å². The summed E-state index contributed by atoms with van der Waals surface area (Å²) in [5.74, 6) is -0.205. The molecule has 24 heavy (non-hydrogen) atoms. The van der Waals surface area contributed by atoms with Crippen molar-refractivity contribution in [1.82, 2.24) is 5.32 Å². The molecule has 128 valence electrons. The van der Waals surface area contributed by atoms with Gasteiger partial charge in [-0.2, -0.15) is 0 Å². The molecule has 0 aliphatic carbocycles. The van der Waals surface area contributed by atoms with Crippen molar-refractivity contribution in [3.05, 3.63) is 39.9 Å². The maximum Gasteiger partial charge on any atom is 0.269 e. The molecular weight excluding hydrogens is 338 g/mol. The third kappa shape index (κ3) is 2.88. The molecule has 3 unspecified atom stereocenters. The fourth-order valence-corrected chi connectivity index (χ4v) is 4.07. The molecule has 2 heterocycles. The Bertz CT molecular complexity index is 694. The number of nitro groups is 1. The Morgan fingerprint density at radius 3 is 2.50 bits per heavy atom. The Morgan fingerprint density at radius 2 is 1.92 bits per heavy atom. The number of carbonyl (C=O) groups is 1. The predicted octanol–water partition coefficient (Wildman–Crippen LogP) is -0.962. The Morgan fingerprint density at radius 1 is 1.25 bits per heavy atom. The van der Waals surface area contributed by atoms with E-state index in [0.717, 1.165) is 11.8 Å². The zero-order valence-corrected chi connectivity index (χ0v) is 13.1. The van der Waals surface area contributed by atoms with E-state index in [9.17, 15) is 30.2 Å². The highest BCUT2D eigenvalue weighted by atomic mass is 32.2. The van der Waals surface area contributed by atoms with E-state index in [2.05, 4.69) is 10.3 Å². The van der Waals surface area contributed by atoms with Gasteiger partial charge < -0.3 is 20.6 Å². The number of hydrogen-bond acceptors (Lipinski definition) is 8. The van der Waals surface area contributed by atoms with E-state index in [1.165, 1.54) is 24.3 Å². The zero-order valence-electron chi connectivity index (χ0n) is 12.3. The highest BCUT2D eigenvalue weighted by molar-refractivity contribution is 8.01. The van der Waals surface area contributed by atoms with Crippen LogP contribution in [-0.2, 0) is 4.79 Å². The molecule has 1 amide bonds. The van der Waals surface area contributed by atoms with E-state index in [4.69, 9.17) is 0 Å². The van der Waals surface area contributed by atoms with Crippen LogP contribution in [0.3, 0.4) is 0 Å². The minimum atomic E-state index is -1.28. The number of hydrogen-bond donors (Lipinski definition) is 4. The summed E-state index contributed by atoms with van der Waals surface area (Å²) < 4.78 is 0. The first-order chi connectivity index (χ1) is 11.4. The van der Waals surface area contributed by atoms with E-state index in [1.54, 1.807) is 0 Å². The van der Waals surface area contributed by atoms with Gasteiger partial charge >= 0.3 is 0 Å². The molecule has 1 aromatic carbocycles. The molecule has 3 rings (SSSR count). The molecule has 4 N–H and O–H groups in total. The number of nitrogens with zero attached hydrogens (tertiary/aromatic N) is 2. The Kier molecular flexibility index (Phi) is 4.54. The van der Waals surface area contributed by atoms with Crippen LogP contribution in [-0.4, -0.2) is 67.3 Å². The highest BCUT2D eigenvalue weighted by Gasteiger charge is 2.48. The van der Waals surface area contributed by atoms with E-state index in [1.807, 2.05) is 0 Å². The summed E-state index contributed by atoms with van der Waals surface area (Å²) in [6.45, 7) is -0.363. The van der Waals surface area contributed by atoms with Crippen LogP contribution in [0.5, 0.6) is 0 Å². The van der Waals surface area contributed by atoms with Gasteiger partial charge in [0.25, 0.3) is 5.69 Å². The largest absolute Gasteiger partial charge is 0.395 e. The van der Waals surface area contributed by atoms with Crippen molar-refractivity contribution >= 4 is 29.2 Å². The van der Waals surface area contributed by atoms with Crippen molar-refractivity contribution in [1.29, 1.82) is 0 Å². The first-order valence-corrected chi connectivity index (χ1v) is 8.12. The second-order valence-electron chi connectivity index (χ2n) is 5.52. The van der Waals surface area contributed by atoms with Crippen molar-refractivity contribution in [2.75, 3.05) is 6.61 Å². The van der Waals surface area contributed by atoms with Crippen molar-refractivity contribution < 1.29 is 25.0 Å². The molecule has 0 radical (unpaired) electrons. The maximum absolute atomic E-state index is 12.3. The Hall–Kier alpha value is -2.01. The normalized spacial score (nSPS) is 32.5. The molecule has 0 spiro atoms. The maximum atomic E-state index is 12.3. The number of amidine groups is 1. The van der Waals surface area contributed by atoms with Crippen LogP contribution in [0.2, 0.25) is 0 Å². The van der Waals surface area contributed by atoms with Gasteiger partial charge in [0.1, 0.15) is 23.2 Å². The number of aliphatic hydroxyl groups is 3. The van der Waals surface area contributed by atoms with Crippen LogP contribution in [0.1, 0.15) is 5.56 Å². The number of thioether (sulfide) groups is 1. The number of nitro benzene ring substituents is 1. The van der Waals surface area contributed by atoms with Crippen LogP contribution < -0.4 is 5.32 Å². The van der Waals surface area contributed by atoms with Crippen LogP contribution in [0.15, 0.2) is 29.3 Å². The lowest BCUT2D eigenvalue weighted by atomic mass is 9.97. The third-order valence-corrected chi connectivity index (χ3v) is 5.59. The summed E-state index contributed by atoms with van der Waals surface area (Å²) in [6.07, 6.45) is -2.48. The number of non-ortho nitro benzene ring substituents is 1. The minimum absolute atomic E-state index is 0.0890. The first kappa shape index (κ1) is 16.8. The van der Waals surface area contributed by atoms with Gasteiger partial charge in [-0.1, -0.05) is 0 Å². The van der Waals surface area contributed by atoms with Crippen molar-refractivity contribution in [2.24, 2.45) is 4.99 Å². The summed E-state index contributed by atoms with van der Waals surface area (Å²) in [5, 5.41) is 41.4. The molecule has 10 heteroatoms. The minimum Gasteiger partial charge on any atom is -0.395 e. The molecule has 0 aromatic heterocycles. The summed E-state index contributed by atoms with van der Waals surface area (Å²) >= 11 is 1.07. The molecule has 0 bridgehead atoms. The molecule has 1 fully saturated rings. The molecular formula is C14H15N3O6S. The van der Waals surface area contributed by atoms with E-state index in [0.29, 0.717) is 5.56 Å². The zero-order chi connectivity index (χ0) is 17.4. The van der Waals surface area contributed by atoms with E-state index < -0.39 is 39.6 Å². The average Bonchev–Trinajstić information content (AvgIpc) is 2.58. The van der Waals surface area contributed by atoms with Gasteiger partial charge in [-0.05, 0) is 12.1 Å². The predicted molar refractivity (Wildman–Crippen MR) is 85.8 cm³/mol. The summed E-state index contributed by atoms with van der Waals surface area (Å²) in [6, 6.07) is 4.63. The second kappa shape index (κ2) is 6.48. The lowest BCUT2D eigenvalue weighted by Gasteiger charge is -2.41. The van der Waals surface area contributed by atoms with Crippen molar-refractivity contribution in [3.63, 3.8) is 0 Å². The van der Waals surface area contributed by atoms with E-state index in [-0.39, 0.29) is 18.1 Å². The Balaban J connectivity index is 1.90. The topological polar surface area (TPSA) is 145 Å². The fourth-order valence-electron chi connectivity index (χ4n) is 2.72. The SMILES string of the molecule is O=C1NC(c2ccc([N+](=O)[O-])cc2)=NC2C1SC(CO)[C@@H](O)[C@@H]2O. The number of nitrogens with one attached hydrogen (secondary N) is 1. The summed E-state index contributed by atoms with van der Waals surface area (Å²) in [4.78, 5) is 26.8. The number of amides is 1. The van der Waals surface area contributed by atoms with Gasteiger partial charge in [0.2, 0.25) is 5.91 Å². The molecule has 2 aliphatic rings. The van der Waals surface area contributed by atoms with Crippen LogP contribution >= 0.6 is 11.8 Å². The van der Waals surface area contributed by atoms with Gasteiger partial charge in [0.05, 0.1) is 22.9 Å². The molecule has 1 saturated heterocycles. The van der Waals surface area contributed by atoms with Gasteiger partial charge in [-0.3, -0.25) is 19.9 Å². The monoisotopic (exact) mass is 353 g/mol. The smallest absolute Gasteiger partial charge is 0.269 e. The van der Waals surface area contributed by atoms with Crippen LogP contribution in [0.25, 0.3) is 0 Å². The number of aliphatic imine (C=N–C) groups is 1. The first-order valence-electron chi connectivity index (χ1n) is 7.18. The molecule has 9 nitrogen and oxygen atoms in total. The lowest BCUT2D eigenvalue weighted by Crippen LogP contribution is -2.60. The number of carbonyl (C=O) groups excluding carboxylic acids is 1.